The van der Waals surface area contributed by atoms with Crippen LogP contribution in [0.4, 0.5) is 0 Å². The van der Waals surface area contributed by atoms with Gasteiger partial charge in [-0.2, -0.15) is 0 Å². The predicted molar refractivity (Wildman–Crippen MR) is 375 cm³/mol. The number of thiophene rings is 12. The number of aromatic nitrogens is 4. The van der Waals surface area contributed by atoms with Gasteiger partial charge in [0.25, 0.3) is 0 Å². The molecule has 0 atom stereocenters. The molecule has 15 aromatic heterocycles. The molecule has 0 spiro atoms. The fourth-order valence-corrected chi connectivity index (χ4v) is 21.0. The Kier molecular flexibility index (Phi) is 13.2. The molecule has 84 heavy (non-hydrogen) atoms. The molecule has 0 unspecified atom stereocenters. The highest BCUT2D eigenvalue weighted by Crippen LogP contribution is 2.58. The topological polar surface area (TPSA) is 35.6 Å². The largest absolute Gasteiger partial charge is 0.300 e. The van der Waals surface area contributed by atoms with E-state index in [2.05, 4.69) is 231 Å². The summed E-state index contributed by atoms with van der Waals surface area (Å²) >= 11 is 21.4. The molecule has 0 saturated heterocycles. The van der Waals surface area contributed by atoms with E-state index in [-0.39, 0.29) is 0 Å². The first-order valence-corrected chi connectivity index (χ1v) is 37.2. The maximum absolute atomic E-state index is 6.52. The molecule has 0 fully saturated rings. The van der Waals surface area contributed by atoms with Crippen LogP contribution in [-0.2, 0) is 0 Å². The Morgan fingerprint density at radius 3 is 0.952 bits per heavy atom. The van der Waals surface area contributed by atoms with E-state index in [1.807, 2.05) is 0 Å². The minimum Gasteiger partial charge on any atom is -0.300 e. The van der Waals surface area contributed by atoms with E-state index in [4.69, 9.17) is 9.97 Å². The lowest BCUT2D eigenvalue weighted by Crippen LogP contribution is -1.98. The van der Waals surface area contributed by atoms with Crippen LogP contribution in [0.25, 0.3) is 128 Å². The molecular weight excluding hydrogens is 1260 g/mol. The van der Waals surface area contributed by atoms with Crippen molar-refractivity contribution in [1.29, 1.82) is 0 Å². The van der Waals surface area contributed by atoms with Crippen molar-refractivity contribution in [3.8, 4) is 83.1 Å². The van der Waals surface area contributed by atoms with Gasteiger partial charge in [-0.3, -0.25) is 9.13 Å². The highest BCUT2D eigenvalue weighted by atomic mass is 32.1. The Hall–Kier alpha value is -7.00. The molecule has 15 aromatic rings. The Morgan fingerprint density at radius 2 is 0.571 bits per heavy atom. The van der Waals surface area contributed by atoms with Gasteiger partial charge in [0.1, 0.15) is 0 Å². The highest BCUT2D eigenvalue weighted by molar-refractivity contribution is 7.17. The van der Waals surface area contributed by atoms with Crippen molar-refractivity contribution in [2.75, 3.05) is 0 Å². The molecule has 2 aliphatic rings. The molecule has 17 rings (SSSR count). The van der Waals surface area contributed by atoms with Crippen LogP contribution >= 0.6 is 136 Å². The van der Waals surface area contributed by atoms with E-state index < -0.39 is 0 Å². The van der Waals surface area contributed by atoms with Crippen molar-refractivity contribution in [2.45, 2.75) is 0 Å². The molecule has 4 nitrogen and oxygen atoms in total. The quantitative estimate of drug-likeness (QED) is 0.122. The summed E-state index contributed by atoms with van der Waals surface area (Å²) in [5, 5.41) is 28.9. The molecule has 0 N–H and O–H groups in total. The average Bonchev–Trinajstić information content (AvgIpc) is 1.63. The van der Waals surface area contributed by atoms with Gasteiger partial charge in [-0.1, -0.05) is 60.7 Å². The van der Waals surface area contributed by atoms with Gasteiger partial charge in [0, 0.05) is 104 Å². The third kappa shape index (κ3) is 8.41. The zero-order valence-electron chi connectivity index (χ0n) is 43.6. The summed E-state index contributed by atoms with van der Waals surface area (Å²) in [5.74, 6) is 0. The van der Waals surface area contributed by atoms with Gasteiger partial charge < -0.3 is 0 Å². The molecular formula is C68H38N4S12. The van der Waals surface area contributed by atoms with Crippen molar-refractivity contribution in [1.82, 2.24) is 19.1 Å². The Balaban J connectivity index is 1.26. The van der Waals surface area contributed by atoms with Gasteiger partial charge in [-0.25, -0.2) is 9.97 Å². The molecule has 0 amide bonds. The van der Waals surface area contributed by atoms with E-state index in [0.29, 0.717) is 0 Å². The van der Waals surface area contributed by atoms with E-state index in [1.165, 1.54) is 41.8 Å². The van der Waals surface area contributed by atoms with Crippen molar-refractivity contribution in [3.05, 3.63) is 254 Å². The zero-order valence-corrected chi connectivity index (χ0v) is 53.4. The van der Waals surface area contributed by atoms with E-state index in [1.54, 1.807) is 136 Å². The number of hydrogen-bond acceptors (Lipinski definition) is 14. The number of nitrogens with zero attached hydrogens (tertiary/aromatic N) is 4. The smallest absolute Gasteiger partial charge is 0.1000 e. The lowest BCUT2D eigenvalue weighted by atomic mass is 9.94. The molecule has 8 bridgehead atoms. The molecule has 17 heterocycles. The fourth-order valence-electron chi connectivity index (χ4n) is 11.8. The Labute approximate surface area is 531 Å². The first kappa shape index (κ1) is 51.4. The van der Waals surface area contributed by atoms with Crippen LogP contribution in [0.2, 0.25) is 0 Å². The monoisotopic (exact) mass is 1290 g/mol. The minimum absolute atomic E-state index is 0.883. The van der Waals surface area contributed by atoms with Gasteiger partial charge in [0.15, 0.2) is 0 Å². The van der Waals surface area contributed by atoms with Gasteiger partial charge in [0.05, 0.1) is 54.8 Å². The SMILES string of the molecule is C1=C(c2cccs2)c2nc1cc1c(-c3cccs3)c(-c3cccs3)c(c(-c3cccs3)c3nc(c(-c4cccs4)c4c(-c5cccs5)c(-c5cccs5)c(c2-c2cccs2)n4-c2cccs2)C(c2cccs2)=C3c2cccs2)n1-c1cccs1. The third-order valence-corrected chi connectivity index (χ3v) is 25.6. The molecule has 0 saturated carbocycles. The van der Waals surface area contributed by atoms with Crippen molar-refractivity contribution < 1.29 is 0 Å². The minimum atomic E-state index is 0.883. The Morgan fingerprint density at radius 1 is 0.262 bits per heavy atom. The average molecular weight is 1300 g/mol. The second-order valence-electron chi connectivity index (χ2n) is 19.5. The Bertz CT molecular complexity index is 5040. The van der Waals surface area contributed by atoms with Crippen LogP contribution in [0.3, 0.4) is 0 Å². The summed E-state index contributed by atoms with van der Waals surface area (Å²) < 4.78 is 5.19. The molecule has 0 radical (unpaired) electrons. The van der Waals surface area contributed by atoms with Crippen LogP contribution in [0, 0.1) is 0 Å². The van der Waals surface area contributed by atoms with Crippen LogP contribution in [0.5, 0.6) is 0 Å². The van der Waals surface area contributed by atoms with Gasteiger partial charge in [-0.05, 0) is 162 Å². The van der Waals surface area contributed by atoms with E-state index in [0.717, 1.165) is 118 Å². The van der Waals surface area contributed by atoms with Crippen molar-refractivity contribution in [3.63, 3.8) is 0 Å². The molecule has 16 heteroatoms. The molecule has 0 aromatic carbocycles. The standard InChI is InChI=1S/C68H38N4S12/c1-13-42(73-25-1)40-37-39-38-41-54(43-14-2-26-74-43)57(46-17-5-29-77-46)66(71(41)52-23-11-35-83-52)61(50-21-9-33-81-50)64-55(44-15-3-27-75-44)56(45-16-4-28-76-45)65(70-64)62(51-22-10-34-82-51)68-59(48-19-7-31-79-48)58(47-18-6-30-78-47)67(72(68)53-24-12-36-84-53)60(63(40)69-39)49-20-8-32-80-49/h1-38H. The summed E-state index contributed by atoms with van der Waals surface area (Å²) in [6.45, 7) is 0. The van der Waals surface area contributed by atoms with Gasteiger partial charge >= 0.3 is 0 Å². The summed E-state index contributed by atoms with van der Waals surface area (Å²) in [4.78, 5) is 24.3. The van der Waals surface area contributed by atoms with E-state index in [9.17, 15) is 0 Å². The van der Waals surface area contributed by atoms with E-state index >= 15 is 0 Å². The third-order valence-electron chi connectivity index (χ3n) is 15.0. The number of rotatable bonds is 12. The number of hydrogen-bond donors (Lipinski definition) is 0. The molecule has 402 valence electrons. The summed E-state index contributed by atoms with van der Waals surface area (Å²) in [6.07, 6.45) is 2.37. The maximum atomic E-state index is 6.52. The summed E-state index contributed by atoms with van der Waals surface area (Å²) in [6, 6.07) is 56.5. The lowest BCUT2D eigenvalue weighted by molar-refractivity contribution is 1.20. The van der Waals surface area contributed by atoms with Gasteiger partial charge in [-0.15, -0.1) is 136 Å². The first-order chi connectivity index (χ1) is 41.7. The fraction of sp³-hybridized carbons (Fsp3) is 0. The molecule has 0 aliphatic carbocycles. The highest BCUT2D eigenvalue weighted by Gasteiger charge is 2.37. The van der Waals surface area contributed by atoms with Gasteiger partial charge in [0.2, 0.25) is 0 Å². The summed E-state index contributed by atoms with van der Waals surface area (Å²) in [7, 11) is 0. The van der Waals surface area contributed by atoms with Crippen molar-refractivity contribution >= 4 is 181 Å². The predicted octanol–water partition coefficient (Wildman–Crippen LogP) is 24.2. The van der Waals surface area contributed by atoms with Crippen LogP contribution < -0.4 is 0 Å². The second kappa shape index (κ2) is 21.5. The maximum Gasteiger partial charge on any atom is 0.1000 e. The van der Waals surface area contributed by atoms with Crippen molar-refractivity contribution in [2.24, 2.45) is 0 Å². The number of fused-ring (bicyclic) bond motifs is 8. The first-order valence-electron chi connectivity index (χ1n) is 26.6. The van der Waals surface area contributed by atoms with Crippen LogP contribution in [0.1, 0.15) is 37.4 Å². The lowest BCUT2D eigenvalue weighted by Gasteiger charge is -2.14. The molecule has 2 aliphatic heterocycles. The normalized spacial score (nSPS) is 12.5. The zero-order chi connectivity index (χ0) is 55.2. The van der Waals surface area contributed by atoms with Crippen LogP contribution in [0.15, 0.2) is 216 Å². The van der Waals surface area contributed by atoms with Crippen LogP contribution in [-0.4, -0.2) is 19.1 Å². The summed E-state index contributed by atoms with van der Waals surface area (Å²) in [5.41, 5.74) is 19.4. The second-order valence-corrected chi connectivity index (χ2v) is 30.9.